The first-order valence-electron chi connectivity index (χ1n) is 7.34. The van der Waals surface area contributed by atoms with E-state index in [9.17, 15) is 4.79 Å². The summed E-state index contributed by atoms with van der Waals surface area (Å²) in [6.45, 7) is 1.94. The first-order valence-corrected chi connectivity index (χ1v) is 7.72. The van der Waals surface area contributed by atoms with Crippen molar-refractivity contribution in [3.8, 4) is 22.8 Å². The number of fused-ring (bicyclic) bond motifs is 1. The summed E-state index contributed by atoms with van der Waals surface area (Å²) in [5.74, 6) is 0.561. The van der Waals surface area contributed by atoms with Crippen molar-refractivity contribution in [1.29, 1.82) is 0 Å². The average Bonchev–Trinajstić information content (AvgIpc) is 3.05. The first kappa shape index (κ1) is 14.7. The number of hydrogen-bond donors (Lipinski definition) is 1. The van der Waals surface area contributed by atoms with Crippen molar-refractivity contribution >= 4 is 22.5 Å². The van der Waals surface area contributed by atoms with Crippen molar-refractivity contribution in [2.24, 2.45) is 0 Å². The molecule has 2 aromatic carbocycles. The Labute approximate surface area is 141 Å². The predicted molar refractivity (Wildman–Crippen MR) is 93.0 cm³/mol. The van der Waals surface area contributed by atoms with Crippen molar-refractivity contribution in [3.05, 3.63) is 69.5 Å². The molecular weight excluding hydrogens is 326 g/mol. The second kappa shape index (κ2) is 5.62. The molecule has 0 atom stereocenters. The van der Waals surface area contributed by atoms with Crippen LogP contribution in [0.25, 0.3) is 33.7 Å². The van der Waals surface area contributed by atoms with E-state index >= 15 is 0 Å². The number of aromatic amines is 1. The summed E-state index contributed by atoms with van der Waals surface area (Å²) in [5, 5.41) is 5.12. The highest BCUT2D eigenvalue weighted by atomic mass is 35.5. The summed E-state index contributed by atoms with van der Waals surface area (Å²) in [5.41, 5.74) is 2.70. The smallest absolute Gasteiger partial charge is 0.263 e. The Bertz CT molecular complexity index is 1110. The van der Waals surface area contributed by atoms with Crippen LogP contribution in [0, 0.1) is 6.92 Å². The number of aryl methyl sites for hydroxylation is 1. The van der Waals surface area contributed by atoms with Crippen molar-refractivity contribution in [2.75, 3.05) is 0 Å². The minimum absolute atomic E-state index is 0.145. The molecule has 0 aliphatic rings. The van der Waals surface area contributed by atoms with E-state index in [0.717, 1.165) is 16.6 Å². The lowest BCUT2D eigenvalue weighted by atomic mass is 10.1. The first-order chi connectivity index (χ1) is 11.6. The molecular formula is C18H12ClN3O2. The van der Waals surface area contributed by atoms with Gasteiger partial charge in [-0.25, -0.2) is 0 Å². The SMILES string of the molecule is Cc1ccc2[nH]cc(-c3nc(-c4cccc(Cl)c4)no3)c(=O)c2c1. The van der Waals surface area contributed by atoms with Crippen LogP contribution >= 0.6 is 11.6 Å². The summed E-state index contributed by atoms with van der Waals surface area (Å²) >= 11 is 5.98. The zero-order valence-electron chi connectivity index (χ0n) is 12.7. The number of nitrogens with one attached hydrogen (secondary N) is 1. The maximum atomic E-state index is 12.7. The van der Waals surface area contributed by atoms with Gasteiger partial charge in [-0.05, 0) is 31.2 Å². The molecule has 0 bridgehead atoms. The maximum absolute atomic E-state index is 12.7. The third-order valence-electron chi connectivity index (χ3n) is 3.78. The standard InChI is InChI=1S/C18H12ClN3O2/c1-10-5-6-15-13(7-10)16(23)14(9-20-15)18-21-17(22-24-18)11-3-2-4-12(19)8-11/h2-9H,1H3,(H,20,23). The molecule has 4 aromatic rings. The zero-order chi connectivity index (χ0) is 16.7. The van der Waals surface area contributed by atoms with Gasteiger partial charge in [0.1, 0.15) is 5.56 Å². The van der Waals surface area contributed by atoms with Crippen LogP contribution in [0.4, 0.5) is 0 Å². The van der Waals surface area contributed by atoms with Gasteiger partial charge in [-0.3, -0.25) is 4.79 Å². The number of halogens is 1. The second-order valence-electron chi connectivity index (χ2n) is 5.51. The number of hydrogen-bond acceptors (Lipinski definition) is 4. The van der Waals surface area contributed by atoms with Crippen LogP contribution in [0.3, 0.4) is 0 Å². The Hall–Kier alpha value is -2.92. The van der Waals surface area contributed by atoms with Crippen LogP contribution in [0.1, 0.15) is 5.56 Å². The summed E-state index contributed by atoms with van der Waals surface area (Å²) in [7, 11) is 0. The quantitative estimate of drug-likeness (QED) is 0.594. The molecule has 5 nitrogen and oxygen atoms in total. The van der Waals surface area contributed by atoms with E-state index in [2.05, 4.69) is 15.1 Å². The fraction of sp³-hybridized carbons (Fsp3) is 0.0556. The normalized spacial score (nSPS) is 11.1. The van der Waals surface area contributed by atoms with E-state index in [4.69, 9.17) is 16.1 Å². The molecule has 0 fully saturated rings. The highest BCUT2D eigenvalue weighted by Crippen LogP contribution is 2.23. The zero-order valence-corrected chi connectivity index (χ0v) is 13.5. The largest absolute Gasteiger partial charge is 0.360 e. The van der Waals surface area contributed by atoms with Crippen molar-refractivity contribution < 1.29 is 4.52 Å². The van der Waals surface area contributed by atoms with Gasteiger partial charge in [0.2, 0.25) is 11.3 Å². The molecule has 2 heterocycles. The van der Waals surface area contributed by atoms with Crippen molar-refractivity contribution in [3.63, 3.8) is 0 Å². The van der Waals surface area contributed by atoms with Crippen LogP contribution in [0.5, 0.6) is 0 Å². The Morgan fingerprint density at radius 3 is 2.88 bits per heavy atom. The Morgan fingerprint density at radius 1 is 1.17 bits per heavy atom. The maximum Gasteiger partial charge on any atom is 0.263 e. The summed E-state index contributed by atoms with van der Waals surface area (Å²) in [4.78, 5) is 20.1. The van der Waals surface area contributed by atoms with E-state index < -0.39 is 0 Å². The van der Waals surface area contributed by atoms with Gasteiger partial charge >= 0.3 is 0 Å². The number of benzene rings is 2. The number of rotatable bonds is 2. The highest BCUT2D eigenvalue weighted by molar-refractivity contribution is 6.30. The van der Waals surface area contributed by atoms with Gasteiger partial charge in [0.05, 0.1) is 0 Å². The van der Waals surface area contributed by atoms with Gasteiger partial charge in [0.25, 0.3) is 5.89 Å². The van der Waals surface area contributed by atoms with Crippen molar-refractivity contribution in [1.82, 2.24) is 15.1 Å². The third-order valence-corrected chi connectivity index (χ3v) is 4.01. The second-order valence-corrected chi connectivity index (χ2v) is 5.95. The molecule has 0 unspecified atom stereocenters. The Morgan fingerprint density at radius 2 is 2.04 bits per heavy atom. The van der Waals surface area contributed by atoms with Gasteiger partial charge in [-0.2, -0.15) is 4.98 Å². The fourth-order valence-electron chi connectivity index (χ4n) is 2.57. The molecule has 0 saturated carbocycles. The van der Waals surface area contributed by atoms with Crippen LogP contribution < -0.4 is 5.43 Å². The topological polar surface area (TPSA) is 71.8 Å². The molecule has 6 heteroatoms. The fourth-order valence-corrected chi connectivity index (χ4v) is 2.76. The molecule has 4 rings (SSSR count). The summed E-state index contributed by atoms with van der Waals surface area (Å²) < 4.78 is 5.28. The van der Waals surface area contributed by atoms with Gasteiger partial charge in [-0.15, -0.1) is 0 Å². The summed E-state index contributed by atoms with van der Waals surface area (Å²) in [6, 6.07) is 12.8. The van der Waals surface area contributed by atoms with E-state index in [1.807, 2.05) is 31.2 Å². The van der Waals surface area contributed by atoms with Gasteiger partial charge in [-0.1, -0.05) is 40.5 Å². The monoisotopic (exact) mass is 337 g/mol. The Balaban J connectivity index is 1.84. The highest BCUT2D eigenvalue weighted by Gasteiger charge is 2.15. The van der Waals surface area contributed by atoms with E-state index in [1.165, 1.54) is 0 Å². The van der Waals surface area contributed by atoms with Crippen LogP contribution in [-0.2, 0) is 0 Å². The van der Waals surface area contributed by atoms with E-state index in [0.29, 0.717) is 21.8 Å². The molecule has 24 heavy (non-hydrogen) atoms. The lowest BCUT2D eigenvalue weighted by Crippen LogP contribution is -2.06. The van der Waals surface area contributed by atoms with Crippen LogP contribution in [0.15, 0.2) is 58.0 Å². The van der Waals surface area contributed by atoms with Gasteiger partial charge in [0.15, 0.2) is 0 Å². The molecule has 1 N–H and O–H groups in total. The molecule has 0 amide bonds. The number of aromatic nitrogens is 3. The molecule has 0 spiro atoms. The number of nitrogens with zero attached hydrogens (tertiary/aromatic N) is 2. The summed E-state index contributed by atoms with van der Waals surface area (Å²) in [6.07, 6.45) is 1.59. The van der Waals surface area contributed by atoms with E-state index in [1.54, 1.807) is 24.4 Å². The van der Waals surface area contributed by atoms with Gasteiger partial charge in [0, 0.05) is 27.7 Å². The van der Waals surface area contributed by atoms with Crippen molar-refractivity contribution in [2.45, 2.75) is 6.92 Å². The number of H-pyrrole nitrogens is 1. The third kappa shape index (κ3) is 2.49. The predicted octanol–water partition coefficient (Wildman–Crippen LogP) is 4.21. The molecule has 2 aromatic heterocycles. The average molecular weight is 338 g/mol. The van der Waals surface area contributed by atoms with Gasteiger partial charge < -0.3 is 9.51 Å². The molecule has 0 saturated heterocycles. The van der Waals surface area contributed by atoms with Crippen LogP contribution in [0.2, 0.25) is 5.02 Å². The minimum atomic E-state index is -0.145. The molecule has 0 radical (unpaired) electrons. The lowest BCUT2D eigenvalue weighted by Gasteiger charge is -2.01. The van der Waals surface area contributed by atoms with E-state index in [-0.39, 0.29) is 11.3 Å². The van der Waals surface area contributed by atoms with Crippen LogP contribution in [-0.4, -0.2) is 15.1 Å². The molecule has 0 aliphatic heterocycles. The lowest BCUT2D eigenvalue weighted by molar-refractivity contribution is 0.432. The Kier molecular flexibility index (Phi) is 3.43. The molecule has 0 aliphatic carbocycles. The minimum Gasteiger partial charge on any atom is -0.360 e. The number of pyridine rings is 1. The molecule has 118 valence electrons.